The van der Waals surface area contributed by atoms with Gasteiger partial charge in [0.25, 0.3) is 0 Å². The van der Waals surface area contributed by atoms with Crippen LogP contribution in [0, 0.1) is 0 Å². The summed E-state index contributed by atoms with van der Waals surface area (Å²) in [5.41, 5.74) is 0. The first-order chi connectivity index (χ1) is 17.5. The van der Waals surface area contributed by atoms with Gasteiger partial charge >= 0.3 is 7.82 Å². The third kappa shape index (κ3) is 17.8. The Kier molecular flexibility index (Phi) is 21.3. The molecule has 1 rings (SSSR count). The maximum Gasteiger partial charge on any atom is 0.472 e. The molecule has 1 heterocycles. The lowest BCUT2D eigenvalue weighted by Crippen LogP contribution is -2.31. The van der Waals surface area contributed by atoms with E-state index in [0.29, 0.717) is 25.2 Å². The lowest BCUT2D eigenvalue weighted by molar-refractivity contribution is -0.170. The Morgan fingerprint density at radius 1 is 0.833 bits per heavy atom. The van der Waals surface area contributed by atoms with Gasteiger partial charge in [0, 0.05) is 31.9 Å². The van der Waals surface area contributed by atoms with Gasteiger partial charge in [-0.25, -0.2) is 4.57 Å². The molecule has 8 nitrogen and oxygen atoms in total. The first-order valence-electron chi connectivity index (χ1n) is 14.0. The van der Waals surface area contributed by atoms with Gasteiger partial charge < -0.3 is 23.8 Å². The van der Waals surface area contributed by atoms with Crippen molar-refractivity contribution in [1.29, 1.82) is 0 Å². The zero-order valence-corrected chi connectivity index (χ0v) is 25.2. The highest BCUT2D eigenvalue weighted by Gasteiger charge is 2.35. The number of phosphoric acid groups is 1. The Balaban J connectivity index is 2.10. The van der Waals surface area contributed by atoms with Crippen molar-refractivity contribution < 1.29 is 37.5 Å². The van der Waals surface area contributed by atoms with Crippen molar-refractivity contribution in [3.8, 4) is 0 Å². The Hall–Kier alpha value is 0.430. The number of unbranched alkanes of at least 4 members (excludes halogenated alkanes) is 11. The highest BCUT2D eigenvalue weighted by molar-refractivity contribution is 9.09. The smallest absolute Gasteiger partial charge is 0.379 e. The largest absolute Gasteiger partial charge is 0.472 e. The summed E-state index contributed by atoms with van der Waals surface area (Å²) < 4.78 is 44.5. The number of hydrogen-bond donors (Lipinski definition) is 1. The van der Waals surface area contributed by atoms with E-state index >= 15 is 0 Å². The molecule has 36 heavy (non-hydrogen) atoms. The quantitative estimate of drug-likeness (QED) is 0.0633. The molecule has 2 atom stereocenters. The minimum Gasteiger partial charge on any atom is -0.379 e. The first-order valence-corrected chi connectivity index (χ1v) is 16.6. The SMILES string of the molecule is CCCCCCCCCCCCCCC1(CCCOCC(COP(=O)(O)OCCBr)OC)OCCO1. The average Bonchev–Trinajstić information content (AvgIpc) is 3.34. The Bertz CT molecular complexity index is 548. The van der Waals surface area contributed by atoms with Crippen LogP contribution in [-0.2, 0) is 32.6 Å². The minimum absolute atomic E-state index is 0.0817. The third-order valence-corrected chi connectivity index (χ3v) is 7.77. The molecule has 2 unspecified atom stereocenters. The Morgan fingerprint density at radius 2 is 1.39 bits per heavy atom. The lowest BCUT2D eigenvalue weighted by atomic mass is 10.0. The molecule has 0 aromatic carbocycles. The van der Waals surface area contributed by atoms with Crippen LogP contribution in [0.4, 0.5) is 0 Å². The summed E-state index contributed by atoms with van der Waals surface area (Å²) in [5, 5.41) is 0.450. The van der Waals surface area contributed by atoms with E-state index in [1.165, 1.54) is 77.7 Å². The van der Waals surface area contributed by atoms with E-state index in [2.05, 4.69) is 22.9 Å². The molecule has 1 N–H and O–H groups in total. The van der Waals surface area contributed by atoms with Crippen molar-refractivity contribution >= 4 is 23.8 Å². The van der Waals surface area contributed by atoms with Crippen LogP contribution in [0.25, 0.3) is 0 Å². The fourth-order valence-electron chi connectivity index (χ4n) is 4.35. The van der Waals surface area contributed by atoms with Gasteiger partial charge in [0.2, 0.25) is 0 Å². The molecule has 0 aromatic heterocycles. The number of rotatable bonds is 26. The number of phosphoric ester groups is 1. The van der Waals surface area contributed by atoms with Crippen LogP contribution in [0.2, 0.25) is 0 Å². The van der Waals surface area contributed by atoms with Gasteiger partial charge in [0.1, 0.15) is 6.10 Å². The number of methoxy groups -OCH3 is 1. The number of hydrogen-bond acceptors (Lipinski definition) is 7. The van der Waals surface area contributed by atoms with Crippen LogP contribution in [0.15, 0.2) is 0 Å². The molecule has 0 radical (unpaired) electrons. The Labute approximate surface area is 228 Å². The standard InChI is InChI=1S/C26H52BrO8P/c1-3-4-5-6-7-8-9-10-11-12-13-14-16-26(32-21-22-33-26)17-15-19-31-23-25(30-2)24-35-36(28,29)34-20-18-27/h25H,3-24H2,1-2H3,(H,28,29). The van der Waals surface area contributed by atoms with E-state index in [0.717, 1.165) is 25.7 Å². The van der Waals surface area contributed by atoms with Gasteiger partial charge in [-0.3, -0.25) is 9.05 Å². The summed E-state index contributed by atoms with van der Waals surface area (Å²) in [5.74, 6) is -0.470. The van der Waals surface area contributed by atoms with E-state index in [4.69, 9.17) is 28.0 Å². The second-order valence-electron chi connectivity index (χ2n) is 9.57. The monoisotopic (exact) mass is 602 g/mol. The van der Waals surface area contributed by atoms with E-state index in [1.807, 2.05) is 0 Å². The van der Waals surface area contributed by atoms with Gasteiger partial charge in [-0.2, -0.15) is 0 Å². The second kappa shape index (κ2) is 22.3. The summed E-state index contributed by atoms with van der Waals surface area (Å²) in [6, 6.07) is 0. The van der Waals surface area contributed by atoms with Crippen molar-refractivity contribution in [2.45, 2.75) is 115 Å². The maximum atomic E-state index is 11.7. The summed E-state index contributed by atoms with van der Waals surface area (Å²) in [4.78, 5) is 9.60. The van der Waals surface area contributed by atoms with Crippen LogP contribution in [-0.4, -0.2) is 68.9 Å². The molecule has 0 aromatic rings. The summed E-state index contributed by atoms with van der Waals surface area (Å²) in [7, 11) is -2.56. The van der Waals surface area contributed by atoms with Gasteiger partial charge in [0.05, 0.1) is 33.0 Å². The number of halogens is 1. The van der Waals surface area contributed by atoms with Crippen molar-refractivity contribution in [2.75, 3.05) is 52.1 Å². The van der Waals surface area contributed by atoms with Crippen LogP contribution >= 0.6 is 23.8 Å². The van der Waals surface area contributed by atoms with Crippen LogP contribution in [0.3, 0.4) is 0 Å². The molecule has 1 aliphatic rings. The first kappa shape index (κ1) is 34.5. The molecule has 0 amide bonds. The van der Waals surface area contributed by atoms with E-state index < -0.39 is 19.7 Å². The summed E-state index contributed by atoms with van der Waals surface area (Å²) in [6.07, 6.45) is 18.1. The van der Waals surface area contributed by atoms with Gasteiger partial charge in [-0.1, -0.05) is 93.5 Å². The highest BCUT2D eigenvalue weighted by atomic mass is 79.9. The third-order valence-electron chi connectivity index (χ3n) is 6.46. The van der Waals surface area contributed by atoms with E-state index in [-0.39, 0.29) is 19.8 Å². The fourth-order valence-corrected chi connectivity index (χ4v) is 5.52. The van der Waals surface area contributed by atoms with E-state index in [9.17, 15) is 9.46 Å². The molecule has 0 spiro atoms. The molecular formula is C26H52BrO8P. The average molecular weight is 604 g/mol. The van der Waals surface area contributed by atoms with Gasteiger partial charge in [0.15, 0.2) is 5.79 Å². The molecule has 0 saturated carbocycles. The summed E-state index contributed by atoms with van der Waals surface area (Å²) in [6.45, 7) is 4.38. The normalized spacial score (nSPS) is 17.9. The molecule has 1 saturated heterocycles. The van der Waals surface area contributed by atoms with Crippen molar-refractivity contribution in [3.63, 3.8) is 0 Å². The topological polar surface area (TPSA) is 92.7 Å². The maximum absolute atomic E-state index is 11.7. The molecule has 1 fully saturated rings. The molecule has 10 heteroatoms. The predicted octanol–water partition coefficient (Wildman–Crippen LogP) is 7.16. The molecular weight excluding hydrogens is 551 g/mol. The van der Waals surface area contributed by atoms with Crippen molar-refractivity contribution in [3.05, 3.63) is 0 Å². The van der Waals surface area contributed by atoms with Crippen molar-refractivity contribution in [1.82, 2.24) is 0 Å². The highest BCUT2D eigenvalue weighted by Crippen LogP contribution is 2.43. The van der Waals surface area contributed by atoms with Crippen LogP contribution in [0.5, 0.6) is 0 Å². The van der Waals surface area contributed by atoms with Crippen molar-refractivity contribution in [2.24, 2.45) is 0 Å². The molecule has 0 bridgehead atoms. The van der Waals surface area contributed by atoms with E-state index in [1.54, 1.807) is 0 Å². The zero-order valence-electron chi connectivity index (χ0n) is 22.8. The van der Waals surface area contributed by atoms with Crippen LogP contribution < -0.4 is 0 Å². The lowest BCUT2D eigenvalue weighted by Gasteiger charge is -2.27. The fraction of sp³-hybridized carbons (Fsp3) is 1.00. The Morgan fingerprint density at radius 3 is 1.94 bits per heavy atom. The van der Waals surface area contributed by atoms with Crippen LogP contribution in [0.1, 0.15) is 103 Å². The predicted molar refractivity (Wildman–Crippen MR) is 147 cm³/mol. The molecule has 1 aliphatic heterocycles. The van der Waals surface area contributed by atoms with Gasteiger partial charge in [-0.15, -0.1) is 0 Å². The summed E-state index contributed by atoms with van der Waals surface area (Å²) >= 11 is 3.14. The molecule has 216 valence electrons. The van der Waals surface area contributed by atoms with Gasteiger partial charge in [-0.05, 0) is 12.8 Å². The minimum atomic E-state index is -4.07. The second-order valence-corrected chi connectivity index (χ2v) is 11.8. The number of ether oxygens (including phenoxy) is 4. The molecule has 0 aliphatic carbocycles. The zero-order chi connectivity index (χ0) is 26.4. The number of alkyl halides is 1.